The van der Waals surface area contributed by atoms with Crippen molar-refractivity contribution in [1.82, 2.24) is 0 Å². The zero-order chi connectivity index (χ0) is 17.1. The monoisotopic (exact) mass is 294 g/mol. The van der Waals surface area contributed by atoms with Crippen molar-refractivity contribution in [2.24, 2.45) is 17.8 Å². The molecule has 0 bridgehead atoms. The van der Waals surface area contributed by atoms with Crippen LogP contribution in [0.25, 0.3) is 0 Å². The number of hydrogen-bond acceptors (Lipinski definition) is 0. The van der Waals surface area contributed by atoms with E-state index in [9.17, 15) is 0 Å². The van der Waals surface area contributed by atoms with E-state index in [0.717, 1.165) is 17.8 Å². The molecule has 0 saturated heterocycles. The third kappa shape index (κ3) is 24.6. The smallest absolute Gasteiger partial charge is 0.0391 e. The quantitative estimate of drug-likeness (QED) is 0.494. The summed E-state index contributed by atoms with van der Waals surface area (Å²) in [6.07, 6.45) is 4.48. The van der Waals surface area contributed by atoms with E-state index in [0.29, 0.717) is 0 Å². The van der Waals surface area contributed by atoms with Crippen molar-refractivity contribution in [3.8, 4) is 0 Å². The fourth-order valence-electron chi connectivity index (χ4n) is 1.49. The van der Waals surface area contributed by atoms with Gasteiger partial charge in [0.2, 0.25) is 0 Å². The van der Waals surface area contributed by atoms with E-state index in [1.807, 2.05) is 64.1 Å². The maximum Gasteiger partial charge on any atom is -0.0391 e. The lowest BCUT2D eigenvalue weighted by Crippen LogP contribution is -2.16. The second-order valence-corrected chi connectivity index (χ2v) is 5.82. The second-order valence-electron chi connectivity index (χ2n) is 5.82. The first-order valence-electron chi connectivity index (χ1n) is 9.04. The standard InChI is InChI=1S/C7H14.C6H6.C4H10.2C2H6/c1-6(2)7-4-3-5-7;1-2-4-6-5-3-1;1-4(2)3;2*1-2/h6-7H,3-5H2,1-2H3;1-6H;4H,1-3H3;2*1-2H3. The first-order valence-corrected chi connectivity index (χ1v) is 9.04. The normalized spacial score (nSPS) is 12.1. The molecule has 0 spiro atoms. The van der Waals surface area contributed by atoms with Crippen molar-refractivity contribution < 1.29 is 0 Å². The summed E-state index contributed by atoms with van der Waals surface area (Å²) in [7, 11) is 0. The molecule has 2 rings (SSSR count). The fraction of sp³-hybridized carbons (Fsp3) is 0.714. The van der Waals surface area contributed by atoms with Crippen LogP contribution >= 0.6 is 0 Å². The van der Waals surface area contributed by atoms with Gasteiger partial charge in [0.05, 0.1) is 0 Å². The highest BCUT2D eigenvalue weighted by molar-refractivity contribution is 4.99. The van der Waals surface area contributed by atoms with Gasteiger partial charge in [0.25, 0.3) is 0 Å². The van der Waals surface area contributed by atoms with Crippen LogP contribution in [-0.4, -0.2) is 0 Å². The average molecular weight is 295 g/mol. The van der Waals surface area contributed by atoms with Gasteiger partial charge in [-0.05, 0) is 17.8 Å². The molecule has 0 radical (unpaired) electrons. The molecule has 0 N–H and O–H groups in total. The Balaban J connectivity index is -0.000000213. The molecule has 126 valence electrons. The molecule has 1 fully saturated rings. The van der Waals surface area contributed by atoms with Gasteiger partial charge in [-0.25, -0.2) is 0 Å². The first kappa shape index (κ1) is 25.2. The molecule has 1 aromatic carbocycles. The Morgan fingerprint density at radius 2 is 0.857 bits per heavy atom. The predicted molar refractivity (Wildman–Crippen MR) is 102 cm³/mol. The van der Waals surface area contributed by atoms with Crippen molar-refractivity contribution in [2.75, 3.05) is 0 Å². The van der Waals surface area contributed by atoms with Crippen LogP contribution in [0.1, 0.15) is 81.6 Å². The van der Waals surface area contributed by atoms with Crippen LogP contribution in [0.4, 0.5) is 0 Å². The zero-order valence-electron chi connectivity index (χ0n) is 16.3. The molecule has 0 amide bonds. The van der Waals surface area contributed by atoms with Gasteiger partial charge in [-0.3, -0.25) is 0 Å². The fourth-order valence-corrected chi connectivity index (χ4v) is 1.49. The zero-order valence-corrected chi connectivity index (χ0v) is 16.3. The molecule has 0 unspecified atom stereocenters. The van der Waals surface area contributed by atoms with Crippen LogP contribution < -0.4 is 0 Å². The molecule has 0 heterocycles. The maximum absolute atomic E-state index is 2.32. The molecule has 0 aliphatic heterocycles. The molecule has 0 heteroatoms. The SMILES string of the molecule is CC.CC.CC(C)C.CC(C)C1CCC1.c1ccccc1. The summed E-state index contributed by atoms with van der Waals surface area (Å²) in [6, 6.07) is 12.0. The largest absolute Gasteiger partial charge is 0.0683 e. The number of hydrogen-bond donors (Lipinski definition) is 0. The summed E-state index contributed by atoms with van der Waals surface area (Å²) in [4.78, 5) is 0. The van der Waals surface area contributed by atoms with E-state index in [1.54, 1.807) is 0 Å². The van der Waals surface area contributed by atoms with E-state index in [1.165, 1.54) is 19.3 Å². The molecule has 1 aliphatic carbocycles. The van der Waals surface area contributed by atoms with E-state index in [2.05, 4.69) is 34.6 Å². The van der Waals surface area contributed by atoms with Gasteiger partial charge >= 0.3 is 0 Å². The molecule has 0 aromatic heterocycles. The molecule has 1 saturated carbocycles. The highest BCUT2D eigenvalue weighted by Gasteiger charge is 2.19. The predicted octanol–water partition coefficient (Wildman–Crippen LogP) is 7.84. The highest BCUT2D eigenvalue weighted by Crippen LogP contribution is 2.32. The van der Waals surface area contributed by atoms with Crippen LogP contribution in [0.2, 0.25) is 0 Å². The molecule has 1 aromatic rings. The molecule has 0 nitrogen and oxygen atoms in total. The van der Waals surface area contributed by atoms with Gasteiger partial charge in [-0.2, -0.15) is 0 Å². The van der Waals surface area contributed by atoms with E-state index >= 15 is 0 Å². The van der Waals surface area contributed by atoms with Crippen molar-refractivity contribution in [3.05, 3.63) is 36.4 Å². The Morgan fingerprint density at radius 3 is 0.905 bits per heavy atom. The topological polar surface area (TPSA) is 0 Å². The molecular weight excluding hydrogens is 252 g/mol. The van der Waals surface area contributed by atoms with Crippen LogP contribution in [0.15, 0.2) is 36.4 Å². The number of rotatable bonds is 1. The van der Waals surface area contributed by atoms with E-state index in [-0.39, 0.29) is 0 Å². The Morgan fingerprint density at radius 1 is 0.619 bits per heavy atom. The lowest BCUT2D eigenvalue weighted by atomic mass is 9.78. The third-order valence-corrected chi connectivity index (χ3v) is 2.76. The van der Waals surface area contributed by atoms with Crippen molar-refractivity contribution in [2.45, 2.75) is 81.6 Å². The van der Waals surface area contributed by atoms with E-state index < -0.39 is 0 Å². The van der Waals surface area contributed by atoms with Crippen LogP contribution in [-0.2, 0) is 0 Å². The van der Waals surface area contributed by atoms with Crippen LogP contribution in [0.3, 0.4) is 0 Å². The van der Waals surface area contributed by atoms with E-state index in [4.69, 9.17) is 0 Å². The minimum Gasteiger partial charge on any atom is -0.0683 e. The minimum atomic E-state index is 0.833. The molecule has 21 heavy (non-hydrogen) atoms. The van der Waals surface area contributed by atoms with Crippen molar-refractivity contribution >= 4 is 0 Å². The van der Waals surface area contributed by atoms with Gasteiger partial charge in [0.15, 0.2) is 0 Å². The molecule has 1 aliphatic rings. The van der Waals surface area contributed by atoms with Gasteiger partial charge in [0, 0.05) is 0 Å². The van der Waals surface area contributed by atoms with Crippen molar-refractivity contribution in [3.63, 3.8) is 0 Å². The number of benzene rings is 1. The summed E-state index contributed by atoms with van der Waals surface area (Å²) < 4.78 is 0. The maximum atomic E-state index is 2.32. The Labute approximate surface area is 136 Å². The van der Waals surface area contributed by atoms with Gasteiger partial charge in [-0.1, -0.05) is 118 Å². The summed E-state index contributed by atoms with van der Waals surface area (Å²) in [5.74, 6) is 2.87. The summed E-state index contributed by atoms with van der Waals surface area (Å²) >= 11 is 0. The Kier molecular flexibility index (Phi) is 25.8. The molecular formula is C21H42. The van der Waals surface area contributed by atoms with Gasteiger partial charge in [0.1, 0.15) is 0 Å². The average Bonchev–Trinajstić information content (AvgIpc) is 2.43. The van der Waals surface area contributed by atoms with Gasteiger partial charge in [-0.15, -0.1) is 0 Å². The van der Waals surface area contributed by atoms with Crippen LogP contribution in [0, 0.1) is 17.8 Å². The van der Waals surface area contributed by atoms with Crippen LogP contribution in [0.5, 0.6) is 0 Å². The summed E-state index contributed by atoms with van der Waals surface area (Å²) in [5, 5.41) is 0. The highest BCUT2D eigenvalue weighted by atomic mass is 14.3. The second kappa shape index (κ2) is 21.5. The lowest BCUT2D eigenvalue weighted by molar-refractivity contribution is 0.235. The Hall–Kier alpha value is -0.780. The third-order valence-electron chi connectivity index (χ3n) is 2.76. The lowest BCUT2D eigenvalue weighted by Gasteiger charge is -2.28. The summed E-state index contributed by atoms with van der Waals surface area (Å²) in [5.41, 5.74) is 0. The minimum absolute atomic E-state index is 0.833. The first-order chi connectivity index (χ1) is 10.0. The van der Waals surface area contributed by atoms with Crippen molar-refractivity contribution in [1.29, 1.82) is 0 Å². The Bertz CT molecular complexity index is 202. The summed E-state index contributed by atoms with van der Waals surface area (Å²) in [6.45, 7) is 19.1. The van der Waals surface area contributed by atoms with Gasteiger partial charge < -0.3 is 0 Å². The molecule has 0 atom stereocenters.